The summed E-state index contributed by atoms with van der Waals surface area (Å²) >= 11 is 0. The third-order valence-electron chi connectivity index (χ3n) is 6.37. The highest BCUT2D eigenvalue weighted by Gasteiger charge is 2.51. The molecular formula is C23H34F3NO4. The van der Waals surface area contributed by atoms with Gasteiger partial charge in [-0.25, -0.2) is 0 Å². The van der Waals surface area contributed by atoms with Gasteiger partial charge in [-0.1, -0.05) is 20.8 Å². The Bertz CT molecular complexity index is 788. The number of hydrogen-bond donors (Lipinski definition) is 2. The minimum Gasteiger partial charge on any atom is -0.493 e. The Morgan fingerprint density at radius 2 is 1.81 bits per heavy atom. The first-order valence-electron chi connectivity index (χ1n) is 10.8. The van der Waals surface area contributed by atoms with Crippen molar-refractivity contribution in [2.45, 2.75) is 70.9 Å². The lowest BCUT2D eigenvalue weighted by molar-refractivity contribution is -0.260. The molecule has 0 spiro atoms. The maximum atomic E-state index is 13.0. The van der Waals surface area contributed by atoms with Crippen molar-refractivity contribution >= 4 is 0 Å². The summed E-state index contributed by atoms with van der Waals surface area (Å²) < 4.78 is 49.6. The molecule has 0 aromatic heterocycles. The van der Waals surface area contributed by atoms with Crippen molar-refractivity contribution < 1.29 is 32.9 Å². The summed E-state index contributed by atoms with van der Waals surface area (Å²) in [6.45, 7) is 7.94. The second-order valence-corrected chi connectivity index (χ2v) is 10.4. The van der Waals surface area contributed by atoms with E-state index in [1.807, 2.05) is 0 Å². The molecule has 1 saturated heterocycles. The van der Waals surface area contributed by atoms with Crippen LogP contribution in [-0.4, -0.2) is 59.8 Å². The molecule has 4 atom stereocenters. The zero-order valence-electron chi connectivity index (χ0n) is 18.9. The normalized spacial score (nSPS) is 26.6. The molecule has 4 unspecified atom stereocenters. The molecule has 1 aromatic carbocycles. The Hall–Kier alpha value is -1.51. The van der Waals surface area contributed by atoms with E-state index in [1.54, 1.807) is 12.1 Å². The molecule has 0 bridgehead atoms. The van der Waals surface area contributed by atoms with Gasteiger partial charge in [0.05, 0.1) is 13.2 Å². The van der Waals surface area contributed by atoms with Gasteiger partial charge in [-0.05, 0) is 60.8 Å². The van der Waals surface area contributed by atoms with Gasteiger partial charge in [-0.3, -0.25) is 4.90 Å². The van der Waals surface area contributed by atoms with Crippen molar-refractivity contribution in [3.05, 3.63) is 23.3 Å². The second-order valence-electron chi connectivity index (χ2n) is 10.4. The molecule has 0 aliphatic carbocycles. The first-order valence-corrected chi connectivity index (χ1v) is 10.8. The molecule has 31 heavy (non-hydrogen) atoms. The predicted molar refractivity (Wildman–Crippen MR) is 111 cm³/mol. The predicted octanol–water partition coefficient (Wildman–Crippen LogP) is 4.10. The molecule has 2 aliphatic heterocycles. The van der Waals surface area contributed by atoms with Crippen molar-refractivity contribution in [3.63, 3.8) is 0 Å². The Morgan fingerprint density at radius 1 is 1.13 bits per heavy atom. The highest BCUT2D eigenvalue weighted by atomic mass is 19.4. The largest absolute Gasteiger partial charge is 0.493 e. The maximum absolute atomic E-state index is 13.0. The van der Waals surface area contributed by atoms with E-state index in [2.05, 4.69) is 25.7 Å². The average molecular weight is 446 g/mol. The van der Waals surface area contributed by atoms with E-state index in [4.69, 9.17) is 9.47 Å². The van der Waals surface area contributed by atoms with E-state index in [1.165, 1.54) is 7.11 Å². The molecule has 0 radical (unpaired) electrons. The van der Waals surface area contributed by atoms with E-state index < -0.39 is 24.5 Å². The highest BCUT2D eigenvalue weighted by molar-refractivity contribution is 5.49. The summed E-state index contributed by atoms with van der Waals surface area (Å²) in [5, 5.41) is 20.5. The minimum atomic E-state index is -4.79. The van der Waals surface area contributed by atoms with Crippen LogP contribution in [0.4, 0.5) is 13.2 Å². The molecular weight excluding hydrogens is 411 g/mol. The van der Waals surface area contributed by atoms with Gasteiger partial charge in [0.15, 0.2) is 17.1 Å². The van der Waals surface area contributed by atoms with Crippen molar-refractivity contribution in [3.8, 4) is 11.5 Å². The fraction of sp³-hybridized carbons (Fsp3) is 0.739. The maximum Gasteiger partial charge on any atom is 0.420 e. The molecule has 176 valence electrons. The van der Waals surface area contributed by atoms with Crippen LogP contribution in [0.25, 0.3) is 0 Å². The van der Waals surface area contributed by atoms with E-state index in [-0.39, 0.29) is 23.1 Å². The van der Waals surface area contributed by atoms with Crippen LogP contribution in [0.5, 0.6) is 11.5 Å². The molecule has 0 saturated carbocycles. The number of ether oxygens (including phenoxy) is 2. The third-order valence-corrected chi connectivity index (χ3v) is 6.37. The number of aliphatic hydroxyl groups excluding tert-OH is 1. The van der Waals surface area contributed by atoms with Crippen molar-refractivity contribution in [1.29, 1.82) is 0 Å². The van der Waals surface area contributed by atoms with Gasteiger partial charge in [0.2, 0.25) is 0 Å². The smallest absolute Gasteiger partial charge is 0.420 e. The topological polar surface area (TPSA) is 62.2 Å². The van der Waals surface area contributed by atoms with Crippen LogP contribution < -0.4 is 9.47 Å². The Balaban J connectivity index is 1.81. The summed E-state index contributed by atoms with van der Waals surface area (Å²) in [6.07, 6.45) is -2.91. The third kappa shape index (κ3) is 5.29. The van der Waals surface area contributed by atoms with Crippen LogP contribution in [0.1, 0.15) is 57.7 Å². The SMILES string of the molecule is COc1cc2c(cc1OCC(C)(O)C(F)(F)F)CCN1CC(CC(C)(C)C)C(O)CC21. The van der Waals surface area contributed by atoms with Crippen LogP contribution in [0.15, 0.2) is 12.1 Å². The van der Waals surface area contributed by atoms with Crippen LogP contribution >= 0.6 is 0 Å². The van der Waals surface area contributed by atoms with Gasteiger partial charge in [0.1, 0.15) is 6.61 Å². The van der Waals surface area contributed by atoms with E-state index in [0.29, 0.717) is 19.1 Å². The van der Waals surface area contributed by atoms with Crippen LogP contribution in [-0.2, 0) is 6.42 Å². The van der Waals surface area contributed by atoms with Crippen molar-refractivity contribution in [2.75, 3.05) is 26.8 Å². The summed E-state index contributed by atoms with van der Waals surface area (Å²) in [5.41, 5.74) is -0.823. The zero-order valence-corrected chi connectivity index (χ0v) is 18.9. The summed E-state index contributed by atoms with van der Waals surface area (Å²) in [7, 11) is 1.44. The number of piperidine rings is 1. The molecule has 0 amide bonds. The summed E-state index contributed by atoms with van der Waals surface area (Å²) in [4.78, 5) is 2.39. The molecule has 8 heteroatoms. The number of halogens is 3. The van der Waals surface area contributed by atoms with Gasteiger partial charge in [-0.15, -0.1) is 0 Å². The van der Waals surface area contributed by atoms with E-state index >= 15 is 0 Å². The monoisotopic (exact) mass is 445 g/mol. The fourth-order valence-electron chi connectivity index (χ4n) is 4.66. The standard InChI is InChI=1S/C23H34F3NO4/c1-21(2,3)11-15-12-27-7-6-14-8-20(31-13-22(4,29)23(24,25)26)19(30-5)9-16(14)17(27)10-18(15)28/h8-9,15,17-18,28-29H,6-7,10-13H2,1-5H3. The first-order chi connectivity index (χ1) is 14.2. The van der Waals surface area contributed by atoms with E-state index in [9.17, 15) is 23.4 Å². The zero-order chi connectivity index (χ0) is 23.2. The lowest BCUT2D eigenvalue weighted by Crippen LogP contribution is -2.48. The first kappa shape index (κ1) is 24.1. The second kappa shape index (κ2) is 8.45. The molecule has 3 rings (SSSR count). The Kier molecular flexibility index (Phi) is 6.58. The van der Waals surface area contributed by atoms with Gasteiger partial charge in [0.25, 0.3) is 0 Å². The quantitative estimate of drug-likeness (QED) is 0.715. The summed E-state index contributed by atoms with van der Waals surface area (Å²) in [6, 6.07) is 3.56. The number of alkyl halides is 3. The average Bonchev–Trinajstić information content (AvgIpc) is 2.64. The van der Waals surface area contributed by atoms with Crippen molar-refractivity contribution in [1.82, 2.24) is 4.90 Å². The number of benzene rings is 1. The molecule has 2 N–H and O–H groups in total. The molecule has 2 heterocycles. The van der Waals surface area contributed by atoms with Gasteiger partial charge >= 0.3 is 6.18 Å². The lowest BCUT2D eigenvalue weighted by Gasteiger charge is -2.47. The van der Waals surface area contributed by atoms with Crippen molar-refractivity contribution in [2.24, 2.45) is 11.3 Å². The fourth-order valence-corrected chi connectivity index (χ4v) is 4.66. The number of nitrogens with zero attached hydrogens (tertiary/aromatic N) is 1. The summed E-state index contributed by atoms with van der Waals surface area (Å²) in [5.74, 6) is 0.720. The highest BCUT2D eigenvalue weighted by Crippen LogP contribution is 2.44. The molecule has 2 aliphatic rings. The van der Waals surface area contributed by atoms with Crippen LogP contribution in [0, 0.1) is 11.3 Å². The van der Waals surface area contributed by atoms with Gasteiger partial charge in [-0.2, -0.15) is 13.2 Å². The Labute approximate surface area is 182 Å². The molecule has 1 aromatic rings. The number of rotatable bonds is 5. The van der Waals surface area contributed by atoms with Gasteiger partial charge < -0.3 is 19.7 Å². The van der Waals surface area contributed by atoms with E-state index in [0.717, 1.165) is 37.1 Å². The number of fused-ring (bicyclic) bond motifs is 3. The van der Waals surface area contributed by atoms with Crippen LogP contribution in [0.2, 0.25) is 0 Å². The number of hydrogen-bond acceptors (Lipinski definition) is 5. The van der Waals surface area contributed by atoms with Gasteiger partial charge in [0, 0.05) is 19.1 Å². The molecule has 5 nitrogen and oxygen atoms in total. The molecule has 1 fully saturated rings. The number of methoxy groups -OCH3 is 1. The Morgan fingerprint density at radius 3 is 2.39 bits per heavy atom. The number of aliphatic hydroxyl groups is 2. The minimum absolute atomic E-state index is 0.0381. The van der Waals surface area contributed by atoms with Crippen LogP contribution in [0.3, 0.4) is 0 Å². The lowest BCUT2D eigenvalue weighted by atomic mass is 9.75.